The molecule has 8 heteroatoms. The van der Waals surface area contributed by atoms with E-state index >= 15 is 0 Å². The number of ether oxygens (including phenoxy) is 1. The van der Waals surface area contributed by atoms with Crippen LogP contribution in [-0.2, 0) is 4.74 Å². The Balaban J connectivity index is 1.53. The number of anilines is 1. The van der Waals surface area contributed by atoms with E-state index < -0.39 is 5.60 Å². The number of nitrogens with one attached hydrogen (secondary N) is 2. The summed E-state index contributed by atoms with van der Waals surface area (Å²) in [5.41, 5.74) is 2.98. The van der Waals surface area contributed by atoms with Crippen LogP contribution in [0.15, 0.2) is 45.1 Å². The van der Waals surface area contributed by atoms with Crippen molar-refractivity contribution >= 4 is 62.7 Å². The monoisotopic (exact) mass is 578 g/mol. The Hall–Kier alpha value is -2.07. The van der Waals surface area contributed by atoms with E-state index in [1.807, 2.05) is 56.7 Å². The molecule has 2 aromatic heterocycles. The van der Waals surface area contributed by atoms with Gasteiger partial charge in [-0.1, -0.05) is 12.5 Å². The van der Waals surface area contributed by atoms with E-state index in [-0.39, 0.29) is 12.1 Å². The summed E-state index contributed by atoms with van der Waals surface area (Å²) in [6.07, 6.45) is 6.07. The van der Waals surface area contributed by atoms with Gasteiger partial charge < -0.3 is 19.9 Å². The summed E-state index contributed by atoms with van der Waals surface area (Å²) in [6, 6.07) is 10.7. The average molecular weight is 579 g/mol. The molecule has 3 aromatic rings. The largest absolute Gasteiger partial charge is 0.444 e. The van der Waals surface area contributed by atoms with Crippen molar-refractivity contribution in [2.45, 2.75) is 64.0 Å². The Morgan fingerprint density at radius 3 is 2.82 bits per heavy atom. The Bertz CT molecular complexity index is 1130. The molecule has 6 nitrogen and oxygen atoms in total. The van der Waals surface area contributed by atoms with Crippen LogP contribution in [0.2, 0.25) is 0 Å². The lowest BCUT2D eigenvalue weighted by molar-refractivity contribution is 0.0180. The molecule has 1 aliphatic carbocycles. The number of H-pyrrole nitrogens is 1. The molecule has 2 N–H and O–H groups in total. The maximum absolute atomic E-state index is 12.6. The van der Waals surface area contributed by atoms with E-state index in [4.69, 9.17) is 4.74 Å². The zero-order chi connectivity index (χ0) is 23.6. The molecule has 2 unspecified atom stereocenters. The summed E-state index contributed by atoms with van der Waals surface area (Å²) in [4.78, 5) is 19.0. The molecule has 0 saturated heterocycles. The average Bonchev–Trinajstić information content (AvgIpc) is 3.46. The fourth-order valence-corrected chi connectivity index (χ4v) is 5.73. The molecule has 2 heterocycles. The van der Waals surface area contributed by atoms with Gasteiger partial charge in [0, 0.05) is 35.9 Å². The fourth-order valence-electron chi connectivity index (χ4n) is 4.51. The van der Waals surface area contributed by atoms with Crippen molar-refractivity contribution < 1.29 is 9.53 Å². The van der Waals surface area contributed by atoms with Crippen molar-refractivity contribution in [3.8, 4) is 0 Å². The van der Waals surface area contributed by atoms with E-state index in [0.717, 1.165) is 47.6 Å². The normalized spacial score (nSPS) is 19.5. The number of hydrogen-bond donors (Lipinski definition) is 2. The third-order valence-electron chi connectivity index (χ3n) is 6.13. The summed E-state index contributed by atoms with van der Waals surface area (Å²) in [6.45, 7) is 5.73. The zero-order valence-corrected chi connectivity index (χ0v) is 22.5. The molecule has 176 valence electrons. The lowest BCUT2D eigenvalue weighted by Gasteiger charge is -2.36. The maximum Gasteiger partial charge on any atom is 0.410 e. The zero-order valence-electron chi connectivity index (χ0n) is 19.5. The minimum atomic E-state index is -0.483. The summed E-state index contributed by atoms with van der Waals surface area (Å²) >= 11 is 3.71. The molecule has 0 bridgehead atoms. The van der Waals surface area contributed by atoms with E-state index in [9.17, 15) is 4.79 Å². The van der Waals surface area contributed by atoms with Gasteiger partial charge in [0.25, 0.3) is 0 Å². The highest BCUT2D eigenvalue weighted by molar-refractivity contribution is 14.1. The number of benzene rings is 1. The predicted molar refractivity (Wildman–Crippen MR) is 146 cm³/mol. The van der Waals surface area contributed by atoms with Crippen LogP contribution in [0.4, 0.5) is 10.5 Å². The third-order valence-corrected chi connectivity index (χ3v) is 7.49. The van der Waals surface area contributed by atoms with Crippen molar-refractivity contribution in [2.24, 2.45) is 3.21 Å². The van der Waals surface area contributed by atoms with E-state index in [1.54, 1.807) is 16.2 Å². The van der Waals surface area contributed by atoms with Crippen molar-refractivity contribution in [1.29, 1.82) is 0 Å². The summed E-state index contributed by atoms with van der Waals surface area (Å²) in [5.74, 6) is 1.26. The number of hydrogen-bond acceptors (Lipinski definition) is 4. The lowest BCUT2D eigenvalue weighted by atomic mass is 9.81. The van der Waals surface area contributed by atoms with Crippen molar-refractivity contribution in [3.63, 3.8) is 0 Å². The van der Waals surface area contributed by atoms with Crippen LogP contribution in [-0.4, -0.2) is 40.5 Å². The van der Waals surface area contributed by atoms with Crippen LogP contribution in [0, 0.1) is 0 Å². The quantitative estimate of drug-likeness (QED) is 0.194. The highest BCUT2D eigenvalue weighted by Crippen LogP contribution is 2.39. The lowest BCUT2D eigenvalue weighted by Crippen LogP contribution is -2.42. The topological polar surface area (TPSA) is 69.7 Å². The van der Waals surface area contributed by atoms with Crippen LogP contribution < -0.4 is 5.32 Å². The number of carbonyl (C=O) groups excluding carboxylic acids is 1. The molecule has 0 radical (unpaired) electrons. The standard InChI is InChI=1S/C25H31IN4O2S/c1-25(2,3)32-24(31)30(4)18-8-5-7-16(13-18)20-15-27-21-11-10-17(14-19(20)21)28-23(29-26)22-9-6-12-33-22/h6,9-12,14-16,18,27H,5,7-8,13H2,1-4H3,(H,28,29). The molecule has 0 spiro atoms. The van der Waals surface area contributed by atoms with Crippen molar-refractivity contribution in [3.05, 3.63) is 52.3 Å². The second-order valence-corrected chi connectivity index (χ2v) is 11.1. The van der Waals surface area contributed by atoms with Gasteiger partial charge in [-0.05, 0) is 81.2 Å². The smallest absolute Gasteiger partial charge is 0.410 e. The predicted octanol–water partition coefficient (Wildman–Crippen LogP) is 7.33. The van der Waals surface area contributed by atoms with Gasteiger partial charge in [-0.15, -0.1) is 11.3 Å². The van der Waals surface area contributed by atoms with Gasteiger partial charge in [-0.3, -0.25) is 0 Å². The SMILES string of the molecule is CN(C(=O)OC(C)(C)C)C1CCCC(c2c[nH]c3ccc(NC(=NI)c4cccs4)cc23)C1. The van der Waals surface area contributed by atoms with Crippen molar-refractivity contribution in [1.82, 2.24) is 9.88 Å². The highest BCUT2D eigenvalue weighted by atomic mass is 127. The molecule has 1 saturated carbocycles. The van der Waals surface area contributed by atoms with Gasteiger partial charge in [0.15, 0.2) is 5.84 Å². The van der Waals surface area contributed by atoms with Crippen LogP contribution in [0.25, 0.3) is 10.9 Å². The Morgan fingerprint density at radius 1 is 1.30 bits per heavy atom. The fraction of sp³-hybridized carbons (Fsp3) is 0.440. The molecular formula is C25H31IN4O2S. The van der Waals surface area contributed by atoms with Gasteiger partial charge in [0.1, 0.15) is 5.60 Å². The molecule has 4 rings (SSSR count). The van der Waals surface area contributed by atoms with E-state index in [0.29, 0.717) is 5.92 Å². The van der Waals surface area contributed by atoms with Crippen LogP contribution in [0.3, 0.4) is 0 Å². The first-order valence-corrected chi connectivity index (χ1v) is 13.2. The number of halogens is 1. The second-order valence-electron chi connectivity index (χ2n) is 9.65. The first kappa shape index (κ1) is 24.1. The summed E-state index contributed by atoms with van der Waals surface area (Å²) in [7, 11) is 1.87. The number of nitrogens with zero attached hydrogens (tertiary/aromatic N) is 2. The van der Waals surface area contributed by atoms with Crippen LogP contribution in [0.5, 0.6) is 0 Å². The van der Waals surface area contributed by atoms with Gasteiger partial charge in [0.05, 0.1) is 27.7 Å². The van der Waals surface area contributed by atoms with Gasteiger partial charge in [-0.2, -0.15) is 3.21 Å². The number of aromatic amines is 1. The minimum Gasteiger partial charge on any atom is -0.444 e. The highest BCUT2D eigenvalue weighted by Gasteiger charge is 2.31. The Labute approximate surface area is 213 Å². The number of carbonyl (C=O) groups is 1. The van der Waals surface area contributed by atoms with Gasteiger partial charge >= 0.3 is 6.09 Å². The minimum absolute atomic E-state index is 0.182. The summed E-state index contributed by atoms with van der Waals surface area (Å²) < 4.78 is 10.0. The molecule has 1 amide bonds. The Kier molecular flexibility index (Phi) is 7.33. The molecule has 1 aliphatic rings. The van der Waals surface area contributed by atoms with Crippen LogP contribution >= 0.6 is 34.2 Å². The molecule has 0 aliphatic heterocycles. The van der Waals surface area contributed by atoms with Gasteiger partial charge in [0.2, 0.25) is 0 Å². The Morgan fingerprint density at radius 2 is 2.12 bits per heavy atom. The maximum atomic E-state index is 12.6. The number of aromatic nitrogens is 1. The molecule has 33 heavy (non-hydrogen) atoms. The first-order valence-electron chi connectivity index (χ1n) is 11.3. The molecule has 1 fully saturated rings. The van der Waals surface area contributed by atoms with Crippen molar-refractivity contribution in [2.75, 3.05) is 12.4 Å². The number of fused-ring (bicyclic) bond motifs is 1. The number of rotatable bonds is 4. The number of amidine groups is 1. The first-order chi connectivity index (χ1) is 15.7. The van der Waals surface area contributed by atoms with E-state index in [1.165, 1.54) is 10.9 Å². The molecule has 1 aromatic carbocycles. The number of thiophene rings is 1. The van der Waals surface area contributed by atoms with E-state index in [2.05, 4.69) is 49.3 Å². The number of amides is 1. The molecular weight excluding hydrogens is 547 g/mol. The van der Waals surface area contributed by atoms with Gasteiger partial charge in [-0.25, -0.2) is 4.79 Å². The molecule has 2 atom stereocenters. The third kappa shape index (κ3) is 5.71. The summed E-state index contributed by atoms with van der Waals surface area (Å²) in [5, 5.41) is 6.76. The van der Waals surface area contributed by atoms with Crippen LogP contribution in [0.1, 0.15) is 62.8 Å². The second kappa shape index (κ2) is 10.0.